The van der Waals surface area contributed by atoms with E-state index in [0.717, 1.165) is 50.3 Å². The first kappa shape index (κ1) is 15.7. The van der Waals surface area contributed by atoms with E-state index in [9.17, 15) is 0 Å². The number of anilines is 1. The third-order valence-corrected chi connectivity index (χ3v) is 4.46. The summed E-state index contributed by atoms with van der Waals surface area (Å²) in [6, 6.07) is 8.10. The lowest BCUT2D eigenvalue weighted by Gasteiger charge is -2.12. The monoisotopic (exact) mass is 445 g/mol. The SMILES string of the molecule is CCCc1nc(-c2cccc(Br)c2)nc(NCC)c1I. The number of halogens is 2. The number of hydrogen-bond donors (Lipinski definition) is 1. The van der Waals surface area contributed by atoms with Gasteiger partial charge in [0.1, 0.15) is 5.82 Å². The topological polar surface area (TPSA) is 37.8 Å². The van der Waals surface area contributed by atoms with E-state index in [-0.39, 0.29) is 0 Å². The van der Waals surface area contributed by atoms with Crippen LogP contribution in [0.4, 0.5) is 5.82 Å². The van der Waals surface area contributed by atoms with Gasteiger partial charge >= 0.3 is 0 Å². The fraction of sp³-hybridized carbons (Fsp3) is 0.333. The highest BCUT2D eigenvalue weighted by Crippen LogP contribution is 2.26. The number of nitrogens with one attached hydrogen (secondary N) is 1. The highest BCUT2D eigenvalue weighted by Gasteiger charge is 2.12. The van der Waals surface area contributed by atoms with Crippen LogP contribution in [0, 0.1) is 3.57 Å². The van der Waals surface area contributed by atoms with Crippen LogP contribution in [0.15, 0.2) is 28.7 Å². The lowest BCUT2D eigenvalue weighted by molar-refractivity contribution is 0.867. The van der Waals surface area contributed by atoms with Gasteiger partial charge in [-0.2, -0.15) is 0 Å². The van der Waals surface area contributed by atoms with Crippen LogP contribution in [0.1, 0.15) is 26.0 Å². The van der Waals surface area contributed by atoms with Crippen molar-refractivity contribution in [3.63, 3.8) is 0 Å². The molecule has 1 heterocycles. The molecule has 0 saturated carbocycles. The van der Waals surface area contributed by atoms with E-state index in [1.54, 1.807) is 0 Å². The fourth-order valence-electron chi connectivity index (χ4n) is 1.94. The molecule has 0 fully saturated rings. The van der Waals surface area contributed by atoms with Crippen LogP contribution < -0.4 is 5.32 Å². The first-order valence-corrected chi connectivity index (χ1v) is 8.59. The van der Waals surface area contributed by atoms with Crippen molar-refractivity contribution in [2.45, 2.75) is 26.7 Å². The molecule has 2 rings (SSSR count). The van der Waals surface area contributed by atoms with Crippen LogP contribution in [0.2, 0.25) is 0 Å². The molecule has 0 radical (unpaired) electrons. The summed E-state index contributed by atoms with van der Waals surface area (Å²) >= 11 is 5.83. The van der Waals surface area contributed by atoms with Crippen molar-refractivity contribution in [3.8, 4) is 11.4 Å². The molecule has 0 aliphatic carbocycles. The van der Waals surface area contributed by atoms with Gasteiger partial charge in [-0.05, 0) is 48.1 Å². The number of aromatic nitrogens is 2. The second-order valence-electron chi connectivity index (χ2n) is 4.45. The summed E-state index contributed by atoms with van der Waals surface area (Å²) in [5, 5.41) is 3.33. The molecular formula is C15H17BrIN3. The number of aryl methyl sites for hydroxylation is 1. The smallest absolute Gasteiger partial charge is 0.161 e. The highest BCUT2D eigenvalue weighted by atomic mass is 127. The quantitative estimate of drug-likeness (QED) is 0.665. The van der Waals surface area contributed by atoms with Crippen molar-refractivity contribution < 1.29 is 0 Å². The third-order valence-electron chi connectivity index (χ3n) is 2.83. The first-order chi connectivity index (χ1) is 9.65. The number of nitrogens with zero attached hydrogens (tertiary/aromatic N) is 2. The molecule has 5 heteroatoms. The van der Waals surface area contributed by atoms with E-state index in [2.05, 4.69) is 62.7 Å². The van der Waals surface area contributed by atoms with Gasteiger partial charge in [0.05, 0.1) is 9.26 Å². The van der Waals surface area contributed by atoms with Gasteiger partial charge in [0.2, 0.25) is 0 Å². The molecule has 20 heavy (non-hydrogen) atoms. The zero-order chi connectivity index (χ0) is 14.5. The maximum absolute atomic E-state index is 4.74. The van der Waals surface area contributed by atoms with Gasteiger partial charge in [0, 0.05) is 16.6 Å². The average Bonchev–Trinajstić information content (AvgIpc) is 2.43. The summed E-state index contributed by atoms with van der Waals surface area (Å²) in [7, 11) is 0. The van der Waals surface area contributed by atoms with Crippen LogP contribution in [-0.4, -0.2) is 16.5 Å². The molecule has 0 atom stereocenters. The van der Waals surface area contributed by atoms with Crippen molar-refractivity contribution in [1.82, 2.24) is 9.97 Å². The second-order valence-corrected chi connectivity index (χ2v) is 6.44. The summed E-state index contributed by atoms with van der Waals surface area (Å²) in [5.74, 6) is 1.72. The predicted octanol–water partition coefficient (Wildman–Crippen LogP) is 4.90. The Bertz CT molecular complexity index is 574. The summed E-state index contributed by atoms with van der Waals surface area (Å²) in [4.78, 5) is 9.40. The molecule has 1 aromatic carbocycles. The summed E-state index contributed by atoms with van der Waals surface area (Å²) in [5.41, 5.74) is 2.15. The Hall–Kier alpha value is -0.690. The first-order valence-electron chi connectivity index (χ1n) is 6.72. The van der Waals surface area contributed by atoms with Gasteiger partial charge in [-0.1, -0.05) is 41.4 Å². The molecule has 3 nitrogen and oxygen atoms in total. The van der Waals surface area contributed by atoms with Crippen LogP contribution in [-0.2, 0) is 6.42 Å². The molecule has 0 amide bonds. The highest BCUT2D eigenvalue weighted by molar-refractivity contribution is 14.1. The maximum Gasteiger partial charge on any atom is 0.161 e. The number of rotatable bonds is 5. The second kappa shape index (κ2) is 7.36. The van der Waals surface area contributed by atoms with Crippen LogP contribution in [0.3, 0.4) is 0 Å². The Kier molecular flexibility index (Phi) is 5.77. The average molecular weight is 446 g/mol. The molecule has 106 valence electrons. The van der Waals surface area contributed by atoms with Crippen molar-refractivity contribution in [2.75, 3.05) is 11.9 Å². The van der Waals surface area contributed by atoms with Gasteiger partial charge in [-0.15, -0.1) is 0 Å². The van der Waals surface area contributed by atoms with Crippen LogP contribution >= 0.6 is 38.5 Å². The largest absolute Gasteiger partial charge is 0.369 e. The molecule has 0 spiro atoms. The Morgan fingerprint density at radius 1 is 1.25 bits per heavy atom. The van der Waals surface area contributed by atoms with Crippen molar-refractivity contribution in [1.29, 1.82) is 0 Å². The minimum atomic E-state index is 0.783. The molecule has 0 saturated heterocycles. The molecule has 1 aromatic heterocycles. The van der Waals surface area contributed by atoms with Crippen LogP contribution in [0.25, 0.3) is 11.4 Å². The van der Waals surface area contributed by atoms with E-state index in [1.807, 2.05) is 24.3 Å². The van der Waals surface area contributed by atoms with Gasteiger partial charge in [0.25, 0.3) is 0 Å². The van der Waals surface area contributed by atoms with E-state index in [4.69, 9.17) is 4.98 Å². The Morgan fingerprint density at radius 3 is 2.70 bits per heavy atom. The standard InChI is InChI=1S/C15H17BrIN3/c1-3-6-12-13(17)15(18-4-2)20-14(19-12)10-7-5-8-11(16)9-10/h5,7-9H,3-4,6H2,1-2H3,(H,18,19,20). The van der Waals surface area contributed by atoms with Crippen molar-refractivity contribution in [3.05, 3.63) is 38.0 Å². The Labute approximate surface area is 141 Å². The molecule has 1 N–H and O–H groups in total. The predicted molar refractivity (Wildman–Crippen MR) is 96.0 cm³/mol. The number of hydrogen-bond acceptors (Lipinski definition) is 3. The van der Waals surface area contributed by atoms with E-state index >= 15 is 0 Å². The molecule has 0 bridgehead atoms. The Morgan fingerprint density at radius 2 is 2.05 bits per heavy atom. The van der Waals surface area contributed by atoms with Crippen LogP contribution in [0.5, 0.6) is 0 Å². The minimum Gasteiger partial charge on any atom is -0.369 e. The van der Waals surface area contributed by atoms with Gasteiger partial charge in [-0.25, -0.2) is 9.97 Å². The normalized spacial score (nSPS) is 10.6. The minimum absolute atomic E-state index is 0.783. The van der Waals surface area contributed by atoms with Gasteiger partial charge in [-0.3, -0.25) is 0 Å². The molecule has 2 aromatic rings. The zero-order valence-electron chi connectivity index (χ0n) is 11.6. The maximum atomic E-state index is 4.74. The summed E-state index contributed by atoms with van der Waals surface area (Å²) in [6.07, 6.45) is 2.05. The van der Waals surface area contributed by atoms with E-state index in [0.29, 0.717) is 0 Å². The molecule has 0 aliphatic heterocycles. The summed E-state index contributed by atoms with van der Waals surface area (Å²) in [6.45, 7) is 5.11. The summed E-state index contributed by atoms with van der Waals surface area (Å²) < 4.78 is 2.17. The lowest BCUT2D eigenvalue weighted by atomic mass is 10.2. The molecule has 0 unspecified atom stereocenters. The zero-order valence-corrected chi connectivity index (χ0v) is 15.3. The van der Waals surface area contributed by atoms with E-state index < -0.39 is 0 Å². The van der Waals surface area contributed by atoms with Crippen molar-refractivity contribution >= 4 is 44.3 Å². The molecular weight excluding hydrogens is 429 g/mol. The van der Waals surface area contributed by atoms with Gasteiger partial charge in [0.15, 0.2) is 5.82 Å². The van der Waals surface area contributed by atoms with E-state index in [1.165, 1.54) is 0 Å². The third kappa shape index (κ3) is 3.69. The van der Waals surface area contributed by atoms with Crippen molar-refractivity contribution in [2.24, 2.45) is 0 Å². The molecule has 0 aliphatic rings. The Balaban J connectivity index is 2.52. The fourth-order valence-corrected chi connectivity index (χ4v) is 3.04. The van der Waals surface area contributed by atoms with Gasteiger partial charge < -0.3 is 5.32 Å². The lowest BCUT2D eigenvalue weighted by Crippen LogP contribution is -2.08. The number of benzene rings is 1.